The van der Waals surface area contributed by atoms with Gasteiger partial charge in [-0.25, -0.2) is 0 Å². The monoisotopic (exact) mass is 266 g/mol. The van der Waals surface area contributed by atoms with E-state index in [1.807, 2.05) is 0 Å². The highest BCUT2D eigenvalue weighted by Crippen LogP contribution is 2.26. The molecular weight excluding hydrogens is 252 g/mol. The third kappa shape index (κ3) is 2.75. The SMILES string of the molecule is COC1(CNc2ccc(C#N)cc2Cl)CCOC1. The number of hydrogen-bond acceptors (Lipinski definition) is 4. The first-order valence-corrected chi connectivity index (χ1v) is 6.13. The number of nitrogens with one attached hydrogen (secondary N) is 1. The van der Waals surface area contributed by atoms with Crippen molar-refractivity contribution in [1.82, 2.24) is 0 Å². The van der Waals surface area contributed by atoms with Gasteiger partial charge in [0, 0.05) is 26.7 Å². The molecule has 0 saturated carbocycles. The lowest BCUT2D eigenvalue weighted by Crippen LogP contribution is -2.39. The lowest BCUT2D eigenvalue weighted by Gasteiger charge is -2.26. The van der Waals surface area contributed by atoms with Gasteiger partial charge in [-0.2, -0.15) is 5.26 Å². The average molecular weight is 267 g/mol. The molecule has 2 rings (SSSR count). The van der Waals surface area contributed by atoms with Gasteiger partial charge in [-0.15, -0.1) is 0 Å². The summed E-state index contributed by atoms with van der Waals surface area (Å²) in [5.74, 6) is 0. The van der Waals surface area contributed by atoms with Gasteiger partial charge in [-0.05, 0) is 18.2 Å². The summed E-state index contributed by atoms with van der Waals surface area (Å²) in [5, 5.41) is 12.6. The number of benzene rings is 1. The molecule has 0 amide bonds. The average Bonchev–Trinajstić information content (AvgIpc) is 2.86. The Morgan fingerprint density at radius 3 is 3.00 bits per heavy atom. The van der Waals surface area contributed by atoms with Gasteiger partial charge in [0.15, 0.2) is 0 Å². The van der Waals surface area contributed by atoms with Gasteiger partial charge in [0.05, 0.1) is 28.9 Å². The Morgan fingerprint density at radius 1 is 1.61 bits per heavy atom. The summed E-state index contributed by atoms with van der Waals surface area (Å²) in [6, 6.07) is 7.24. The van der Waals surface area contributed by atoms with Crippen LogP contribution in [-0.2, 0) is 9.47 Å². The Kier molecular flexibility index (Phi) is 4.07. The van der Waals surface area contributed by atoms with Crippen LogP contribution in [0.1, 0.15) is 12.0 Å². The third-order valence-corrected chi connectivity index (χ3v) is 3.51. The summed E-state index contributed by atoms with van der Waals surface area (Å²) in [6.45, 7) is 1.94. The maximum atomic E-state index is 8.77. The molecule has 1 aromatic rings. The van der Waals surface area contributed by atoms with E-state index >= 15 is 0 Å². The van der Waals surface area contributed by atoms with Crippen molar-refractivity contribution in [1.29, 1.82) is 5.26 Å². The molecule has 5 heteroatoms. The summed E-state index contributed by atoms with van der Waals surface area (Å²) in [7, 11) is 1.69. The molecular formula is C13H15ClN2O2. The van der Waals surface area contributed by atoms with Crippen LogP contribution < -0.4 is 5.32 Å². The van der Waals surface area contributed by atoms with Crippen molar-refractivity contribution in [2.24, 2.45) is 0 Å². The van der Waals surface area contributed by atoms with Gasteiger partial charge in [-0.1, -0.05) is 11.6 Å². The molecule has 1 saturated heterocycles. The smallest absolute Gasteiger partial charge is 0.110 e. The molecule has 0 bridgehead atoms. The van der Waals surface area contributed by atoms with E-state index < -0.39 is 0 Å². The number of ether oxygens (including phenoxy) is 2. The number of rotatable bonds is 4. The second-order valence-electron chi connectivity index (χ2n) is 4.35. The molecule has 1 aromatic carbocycles. The number of halogens is 1. The van der Waals surface area contributed by atoms with Crippen LogP contribution in [0.5, 0.6) is 0 Å². The van der Waals surface area contributed by atoms with Crippen molar-refractivity contribution >= 4 is 17.3 Å². The first-order chi connectivity index (χ1) is 8.69. The molecule has 1 unspecified atom stereocenters. The molecule has 1 aliphatic heterocycles. The zero-order chi connectivity index (χ0) is 13.0. The molecule has 18 heavy (non-hydrogen) atoms. The van der Waals surface area contributed by atoms with E-state index in [9.17, 15) is 0 Å². The van der Waals surface area contributed by atoms with E-state index in [-0.39, 0.29) is 5.60 Å². The van der Waals surface area contributed by atoms with Crippen LogP contribution in [0, 0.1) is 11.3 Å². The van der Waals surface area contributed by atoms with Gasteiger partial charge < -0.3 is 14.8 Å². The fourth-order valence-electron chi connectivity index (χ4n) is 1.95. The summed E-state index contributed by atoms with van der Waals surface area (Å²) in [5.41, 5.74) is 1.08. The van der Waals surface area contributed by atoms with E-state index in [2.05, 4.69) is 11.4 Å². The number of nitrogens with zero attached hydrogens (tertiary/aromatic N) is 1. The van der Waals surface area contributed by atoms with Crippen molar-refractivity contribution in [3.05, 3.63) is 28.8 Å². The fourth-order valence-corrected chi connectivity index (χ4v) is 2.19. The van der Waals surface area contributed by atoms with Gasteiger partial charge in [-0.3, -0.25) is 0 Å². The molecule has 1 atom stereocenters. The predicted octanol–water partition coefficient (Wildman–Crippen LogP) is 2.43. The van der Waals surface area contributed by atoms with Crippen molar-refractivity contribution in [2.75, 3.05) is 32.2 Å². The van der Waals surface area contributed by atoms with E-state index in [1.54, 1.807) is 25.3 Å². The number of anilines is 1. The van der Waals surface area contributed by atoms with Crippen LogP contribution >= 0.6 is 11.6 Å². The van der Waals surface area contributed by atoms with E-state index in [0.29, 0.717) is 23.7 Å². The van der Waals surface area contributed by atoms with Crippen molar-refractivity contribution in [2.45, 2.75) is 12.0 Å². The molecule has 1 heterocycles. The van der Waals surface area contributed by atoms with E-state index in [4.69, 9.17) is 26.3 Å². The number of methoxy groups -OCH3 is 1. The Balaban J connectivity index is 2.04. The Labute approximate surface area is 111 Å². The number of hydrogen-bond donors (Lipinski definition) is 1. The zero-order valence-electron chi connectivity index (χ0n) is 10.2. The topological polar surface area (TPSA) is 54.3 Å². The normalized spacial score (nSPS) is 22.7. The van der Waals surface area contributed by atoms with Gasteiger partial charge in [0.1, 0.15) is 5.60 Å². The molecule has 96 valence electrons. The summed E-state index contributed by atoms with van der Waals surface area (Å²) < 4.78 is 10.9. The predicted molar refractivity (Wildman–Crippen MR) is 69.8 cm³/mol. The second-order valence-corrected chi connectivity index (χ2v) is 4.76. The Hall–Kier alpha value is -1.28. The molecule has 4 nitrogen and oxygen atoms in total. The largest absolute Gasteiger partial charge is 0.381 e. The molecule has 0 radical (unpaired) electrons. The minimum atomic E-state index is -0.281. The molecule has 0 spiro atoms. The highest BCUT2D eigenvalue weighted by molar-refractivity contribution is 6.33. The fraction of sp³-hybridized carbons (Fsp3) is 0.462. The molecule has 1 N–H and O–H groups in total. The van der Waals surface area contributed by atoms with E-state index in [0.717, 1.165) is 18.7 Å². The first kappa shape index (κ1) is 13.2. The van der Waals surface area contributed by atoms with Crippen LogP contribution in [0.3, 0.4) is 0 Å². The lowest BCUT2D eigenvalue weighted by molar-refractivity contribution is -0.00619. The molecule has 0 aromatic heterocycles. The highest BCUT2D eigenvalue weighted by atomic mass is 35.5. The van der Waals surface area contributed by atoms with Crippen molar-refractivity contribution in [3.8, 4) is 6.07 Å². The standard InChI is InChI=1S/C13H15ClN2O2/c1-17-13(4-5-18-9-13)8-16-12-3-2-10(7-15)6-11(12)14/h2-3,6,16H,4-5,8-9H2,1H3. The highest BCUT2D eigenvalue weighted by Gasteiger charge is 2.34. The number of nitriles is 1. The van der Waals surface area contributed by atoms with Crippen LogP contribution in [0.2, 0.25) is 5.02 Å². The Morgan fingerprint density at radius 2 is 2.44 bits per heavy atom. The van der Waals surface area contributed by atoms with Crippen molar-refractivity contribution < 1.29 is 9.47 Å². The first-order valence-electron chi connectivity index (χ1n) is 5.75. The van der Waals surface area contributed by atoms with Crippen LogP contribution in [-0.4, -0.2) is 32.5 Å². The Bertz CT molecular complexity index is 465. The van der Waals surface area contributed by atoms with Crippen molar-refractivity contribution in [3.63, 3.8) is 0 Å². The molecule has 0 aliphatic carbocycles. The maximum absolute atomic E-state index is 8.77. The molecule has 1 fully saturated rings. The van der Waals surface area contributed by atoms with Crippen LogP contribution in [0.25, 0.3) is 0 Å². The molecule has 1 aliphatic rings. The quantitative estimate of drug-likeness (QED) is 0.909. The minimum absolute atomic E-state index is 0.281. The second kappa shape index (κ2) is 5.57. The summed E-state index contributed by atoms with van der Waals surface area (Å²) in [4.78, 5) is 0. The summed E-state index contributed by atoms with van der Waals surface area (Å²) >= 11 is 6.10. The van der Waals surface area contributed by atoms with E-state index in [1.165, 1.54) is 0 Å². The third-order valence-electron chi connectivity index (χ3n) is 3.20. The van der Waals surface area contributed by atoms with Gasteiger partial charge in [0.25, 0.3) is 0 Å². The zero-order valence-corrected chi connectivity index (χ0v) is 11.0. The maximum Gasteiger partial charge on any atom is 0.110 e. The lowest BCUT2D eigenvalue weighted by atomic mass is 10.0. The summed E-state index contributed by atoms with van der Waals surface area (Å²) in [6.07, 6.45) is 0.865. The van der Waals surface area contributed by atoms with Crippen LogP contribution in [0.4, 0.5) is 5.69 Å². The van der Waals surface area contributed by atoms with Crippen LogP contribution in [0.15, 0.2) is 18.2 Å². The van der Waals surface area contributed by atoms with Gasteiger partial charge in [0.2, 0.25) is 0 Å². The van der Waals surface area contributed by atoms with Gasteiger partial charge >= 0.3 is 0 Å². The minimum Gasteiger partial charge on any atom is -0.381 e.